The highest BCUT2D eigenvalue weighted by molar-refractivity contribution is 6.04. The monoisotopic (exact) mass is 423 g/mol. The van der Waals surface area contributed by atoms with Crippen LogP contribution in [0.4, 0.5) is 5.69 Å². The van der Waals surface area contributed by atoms with E-state index < -0.39 is 0 Å². The molecule has 0 heterocycles. The molecule has 0 aliphatic heterocycles. The lowest BCUT2D eigenvalue weighted by atomic mass is 10.1. The Bertz CT molecular complexity index is 1010. The second-order valence-electron chi connectivity index (χ2n) is 6.79. The van der Waals surface area contributed by atoms with E-state index in [2.05, 4.69) is 18.3 Å². The summed E-state index contributed by atoms with van der Waals surface area (Å²) in [6.07, 6.45) is 5.83. The highest BCUT2D eigenvalue weighted by Gasteiger charge is 2.17. The first kappa shape index (κ1) is 24.1. The smallest absolute Gasteiger partial charge is 0.339 e. The second-order valence-corrected chi connectivity index (χ2v) is 6.79. The average molecular weight is 424 g/mol. The third kappa shape index (κ3) is 6.38. The first-order valence-electron chi connectivity index (χ1n) is 10.8. The molecule has 0 aliphatic rings. The molecule has 2 rings (SSSR count). The van der Waals surface area contributed by atoms with Crippen molar-refractivity contribution >= 4 is 23.4 Å². The van der Waals surface area contributed by atoms with Crippen LogP contribution >= 0.6 is 0 Å². The van der Waals surface area contributed by atoms with Crippen molar-refractivity contribution in [3.63, 3.8) is 0 Å². The van der Waals surface area contributed by atoms with Crippen molar-refractivity contribution in [2.45, 2.75) is 40.5 Å². The van der Waals surface area contributed by atoms with Crippen LogP contribution in [-0.2, 0) is 9.53 Å². The molecule has 1 N–H and O–H groups in total. The highest BCUT2D eigenvalue weighted by atomic mass is 16.5. The number of hydrogen-bond acceptors (Lipinski definition) is 5. The molecule has 0 aliphatic carbocycles. The zero-order valence-electron chi connectivity index (χ0n) is 19.2. The van der Waals surface area contributed by atoms with Crippen LogP contribution in [-0.4, -0.2) is 26.3 Å². The Kier molecular flexibility index (Phi) is 9.69. The van der Waals surface area contributed by atoms with Crippen molar-refractivity contribution in [3.05, 3.63) is 64.6 Å². The molecule has 0 spiro atoms. The minimum Gasteiger partial charge on any atom is -0.496 e. The van der Waals surface area contributed by atoms with Gasteiger partial charge in [0, 0.05) is 16.1 Å². The van der Waals surface area contributed by atoms with Crippen LogP contribution < -0.4 is 25.2 Å². The van der Waals surface area contributed by atoms with E-state index in [4.69, 9.17) is 14.2 Å². The van der Waals surface area contributed by atoms with E-state index in [1.165, 1.54) is 0 Å². The normalized spacial score (nSPS) is 12.9. The average Bonchev–Trinajstić information content (AvgIpc) is 2.78. The maximum atomic E-state index is 12.8. The Morgan fingerprint density at radius 3 is 2.35 bits per heavy atom. The molecule has 0 radical (unpaired) electrons. The molecule has 31 heavy (non-hydrogen) atoms. The van der Waals surface area contributed by atoms with Crippen LogP contribution in [0.3, 0.4) is 0 Å². The largest absolute Gasteiger partial charge is 0.496 e. The van der Waals surface area contributed by atoms with Gasteiger partial charge in [0.1, 0.15) is 11.5 Å². The van der Waals surface area contributed by atoms with Gasteiger partial charge < -0.3 is 19.5 Å². The standard InChI is InChI=1S/C26H33NO4/c1-6-10-12-22-23(13-11-14-24(22)29-5)25(21(7-2)26(28)31-9-4)27-19-15-17-20(18-16-19)30-8-3/h7,11-18,27H,6,8-10H2,1-5H3/b21-7+,22-12-,25-23+. The molecule has 5 nitrogen and oxygen atoms in total. The summed E-state index contributed by atoms with van der Waals surface area (Å²) in [7, 11) is 1.66. The second kappa shape index (κ2) is 12.5. The van der Waals surface area contributed by atoms with Crippen LogP contribution in [0, 0.1) is 0 Å². The van der Waals surface area contributed by atoms with Crippen molar-refractivity contribution in [2.75, 3.05) is 25.6 Å². The molecule has 0 atom stereocenters. The fraction of sp³-hybridized carbons (Fsp3) is 0.346. The number of nitrogens with one attached hydrogen (secondary N) is 1. The minimum atomic E-state index is -0.373. The predicted octanol–water partition coefficient (Wildman–Crippen LogP) is 4.40. The zero-order valence-corrected chi connectivity index (χ0v) is 19.2. The number of allylic oxidation sites excluding steroid dienone is 1. The summed E-state index contributed by atoms with van der Waals surface area (Å²) < 4.78 is 16.5. The lowest BCUT2D eigenvalue weighted by Crippen LogP contribution is -2.32. The number of anilines is 1. The van der Waals surface area contributed by atoms with E-state index in [1.54, 1.807) is 20.1 Å². The number of benzene rings is 2. The number of carbonyl (C=O) groups is 1. The van der Waals surface area contributed by atoms with E-state index in [9.17, 15) is 4.79 Å². The molecule has 0 fully saturated rings. The quantitative estimate of drug-likeness (QED) is 0.453. The maximum absolute atomic E-state index is 12.8. The topological polar surface area (TPSA) is 56.8 Å². The van der Waals surface area contributed by atoms with Gasteiger partial charge in [-0.25, -0.2) is 4.79 Å². The van der Waals surface area contributed by atoms with E-state index in [1.807, 2.05) is 56.3 Å². The molecule has 2 aromatic carbocycles. The summed E-state index contributed by atoms with van der Waals surface area (Å²) >= 11 is 0. The van der Waals surface area contributed by atoms with Crippen LogP contribution in [0.25, 0.3) is 11.8 Å². The Balaban J connectivity index is 2.75. The van der Waals surface area contributed by atoms with Crippen molar-refractivity contribution in [2.24, 2.45) is 0 Å². The van der Waals surface area contributed by atoms with Gasteiger partial charge in [-0.15, -0.1) is 0 Å². The number of ether oxygens (including phenoxy) is 3. The molecule has 0 bridgehead atoms. The summed E-state index contributed by atoms with van der Waals surface area (Å²) in [5.74, 6) is 1.18. The molecule has 2 aromatic rings. The SMILES string of the molecule is C\C=C(C(=O)OCC)/C(Nc1ccc(OCC)cc1)=c1/cccc(OC)/c1=C\CCC. The molecule has 0 unspecified atom stereocenters. The van der Waals surface area contributed by atoms with Gasteiger partial charge in [0.15, 0.2) is 0 Å². The van der Waals surface area contributed by atoms with Gasteiger partial charge in [0.05, 0.1) is 31.6 Å². The molecule has 0 saturated heterocycles. The van der Waals surface area contributed by atoms with Crippen molar-refractivity contribution in [1.82, 2.24) is 0 Å². The van der Waals surface area contributed by atoms with E-state index in [0.29, 0.717) is 24.5 Å². The van der Waals surface area contributed by atoms with Gasteiger partial charge in [-0.2, -0.15) is 0 Å². The molecule has 0 saturated carbocycles. The van der Waals surface area contributed by atoms with Crippen molar-refractivity contribution in [1.29, 1.82) is 0 Å². The third-order valence-corrected chi connectivity index (χ3v) is 4.68. The Hall–Kier alpha value is -3.21. The number of methoxy groups -OCH3 is 1. The van der Waals surface area contributed by atoms with Gasteiger partial charge in [-0.05, 0) is 57.5 Å². The Morgan fingerprint density at radius 2 is 1.77 bits per heavy atom. The van der Waals surface area contributed by atoms with Gasteiger partial charge in [0.25, 0.3) is 0 Å². The van der Waals surface area contributed by atoms with Gasteiger partial charge >= 0.3 is 5.97 Å². The number of rotatable bonds is 10. The van der Waals surface area contributed by atoms with Crippen LogP contribution in [0.5, 0.6) is 11.5 Å². The first-order valence-corrected chi connectivity index (χ1v) is 10.8. The molecular weight excluding hydrogens is 390 g/mol. The summed E-state index contributed by atoms with van der Waals surface area (Å²) in [5, 5.41) is 5.27. The molecule has 5 heteroatoms. The molecular formula is C26H33NO4. The van der Waals surface area contributed by atoms with E-state index >= 15 is 0 Å². The predicted molar refractivity (Wildman–Crippen MR) is 127 cm³/mol. The maximum Gasteiger partial charge on any atom is 0.339 e. The molecule has 0 aromatic heterocycles. The van der Waals surface area contributed by atoms with Crippen molar-refractivity contribution in [3.8, 4) is 11.5 Å². The third-order valence-electron chi connectivity index (χ3n) is 4.68. The first-order chi connectivity index (χ1) is 15.1. The van der Waals surface area contributed by atoms with Crippen LogP contribution in [0.1, 0.15) is 40.5 Å². The number of unbranched alkanes of at least 4 members (excludes halogenated alkanes) is 1. The Labute approximate surface area is 185 Å². The fourth-order valence-corrected chi connectivity index (χ4v) is 3.24. The lowest BCUT2D eigenvalue weighted by molar-refractivity contribution is -0.138. The summed E-state index contributed by atoms with van der Waals surface area (Å²) in [4.78, 5) is 12.8. The summed E-state index contributed by atoms with van der Waals surface area (Å²) in [6.45, 7) is 8.63. The number of esters is 1. The van der Waals surface area contributed by atoms with E-state index in [0.717, 1.165) is 40.5 Å². The minimum absolute atomic E-state index is 0.305. The summed E-state index contributed by atoms with van der Waals surface area (Å²) in [6, 6.07) is 13.5. The highest BCUT2D eigenvalue weighted by Crippen LogP contribution is 2.21. The summed E-state index contributed by atoms with van der Waals surface area (Å²) in [5.41, 5.74) is 1.98. The fourth-order valence-electron chi connectivity index (χ4n) is 3.24. The van der Waals surface area contributed by atoms with Crippen LogP contribution in [0.2, 0.25) is 0 Å². The Morgan fingerprint density at radius 1 is 1.03 bits per heavy atom. The molecule has 0 amide bonds. The van der Waals surface area contributed by atoms with Gasteiger partial charge in [0.2, 0.25) is 0 Å². The van der Waals surface area contributed by atoms with E-state index in [-0.39, 0.29) is 5.97 Å². The zero-order chi connectivity index (χ0) is 22.6. The lowest BCUT2D eigenvalue weighted by Gasteiger charge is -2.16. The van der Waals surface area contributed by atoms with Gasteiger partial charge in [-0.3, -0.25) is 0 Å². The molecule has 166 valence electrons. The number of carbonyl (C=O) groups excluding carboxylic acids is 1. The number of hydrogen-bond donors (Lipinski definition) is 1. The van der Waals surface area contributed by atoms with Crippen molar-refractivity contribution < 1.29 is 19.0 Å². The van der Waals surface area contributed by atoms with Gasteiger partial charge in [-0.1, -0.05) is 37.6 Å². The van der Waals surface area contributed by atoms with Crippen LogP contribution in [0.15, 0.2) is 54.1 Å².